The van der Waals surface area contributed by atoms with Crippen LogP contribution in [0.15, 0.2) is 0 Å². The van der Waals surface area contributed by atoms with Crippen LogP contribution >= 0.6 is 0 Å². The number of unbranched alkanes of at least 4 members (excludes halogenated alkanes) is 10. The molecular formula is C22H42O4. The van der Waals surface area contributed by atoms with Gasteiger partial charge in [0.2, 0.25) is 0 Å². The molecule has 0 bridgehead atoms. The van der Waals surface area contributed by atoms with E-state index in [9.17, 15) is 9.59 Å². The zero-order chi connectivity index (χ0) is 19.6. The van der Waals surface area contributed by atoms with E-state index in [0.717, 1.165) is 25.7 Å². The predicted octanol–water partition coefficient (Wildman–Crippen LogP) is 6.07. The van der Waals surface area contributed by atoms with Crippen molar-refractivity contribution in [3.05, 3.63) is 0 Å². The predicted molar refractivity (Wildman–Crippen MR) is 107 cm³/mol. The first kappa shape index (κ1) is 24.9. The Balaban J connectivity index is 4.54. The van der Waals surface area contributed by atoms with Crippen LogP contribution in [0.1, 0.15) is 104 Å². The maximum Gasteiger partial charge on any atom is 0.309 e. The molecular weight excluding hydrogens is 328 g/mol. The third-order valence-electron chi connectivity index (χ3n) is 5.23. The number of hydrogen-bond donors (Lipinski definition) is 0. The van der Waals surface area contributed by atoms with E-state index >= 15 is 0 Å². The first-order chi connectivity index (χ1) is 12.6. The van der Waals surface area contributed by atoms with Gasteiger partial charge in [-0.25, -0.2) is 0 Å². The minimum absolute atomic E-state index is 0.264. The molecule has 0 rings (SSSR count). The number of rotatable bonds is 17. The highest BCUT2D eigenvalue weighted by atomic mass is 16.5. The van der Waals surface area contributed by atoms with Gasteiger partial charge in [0.25, 0.3) is 0 Å². The van der Waals surface area contributed by atoms with E-state index in [1.165, 1.54) is 65.6 Å². The molecule has 0 saturated carbocycles. The molecule has 0 radical (unpaired) electrons. The molecule has 0 aromatic rings. The average molecular weight is 371 g/mol. The summed E-state index contributed by atoms with van der Waals surface area (Å²) in [7, 11) is 2.82. The van der Waals surface area contributed by atoms with Crippen LogP contribution in [0.5, 0.6) is 0 Å². The molecule has 0 aliphatic heterocycles. The van der Waals surface area contributed by atoms with Crippen molar-refractivity contribution in [3.63, 3.8) is 0 Å². The maximum absolute atomic E-state index is 12.3. The van der Waals surface area contributed by atoms with Crippen molar-refractivity contribution in [2.75, 3.05) is 14.2 Å². The Morgan fingerprint density at radius 1 is 0.577 bits per heavy atom. The van der Waals surface area contributed by atoms with Crippen LogP contribution in [0.25, 0.3) is 0 Å². The summed E-state index contributed by atoms with van der Waals surface area (Å²) < 4.78 is 9.99. The Hall–Kier alpha value is -1.06. The molecule has 4 nitrogen and oxygen atoms in total. The third kappa shape index (κ3) is 11.5. The molecule has 0 N–H and O–H groups in total. The van der Waals surface area contributed by atoms with Gasteiger partial charge < -0.3 is 9.47 Å². The van der Waals surface area contributed by atoms with Crippen molar-refractivity contribution in [1.82, 2.24) is 0 Å². The monoisotopic (exact) mass is 370 g/mol. The summed E-state index contributed by atoms with van der Waals surface area (Å²) in [6.07, 6.45) is 15.5. The molecule has 0 spiro atoms. The van der Waals surface area contributed by atoms with E-state index in [0.29, 0.717) is 12.8 Å². The molecule has 0 amide bonds. The Morgan fingerprint density at radius 2 is 0.885 bits per heavy atom. The van der Waals surface area contributed by atoms with Crippen molar-refractivity contribution in [2.24, 2.45) is 11.8 Å². The van der Waals surface area contributed by atoms with Crippen molar-refractivity contribution in [3.8, 4) is 0 Å². The van der Waals surface area contributed by atoms with Gasteiger partial charge in [-0.15, -0.1) is 0 Å². The molecule has 0 fully saturated rings. The molecule has 0 aromatic carbocycles. The molecule has 0 heterocycles. The van der Waals surface area contributed by atoms with Crippen molar-refractivity contribution in [1.29, 1.82) is 0 Å². The zero-order valence-electron chi connectivity index (χ0n) is 17.7. The summed E-state index contributed by atoms with van der Waals surface area (Å²) in [4.78, 5) is 24.6. The molecule has 4 heteroatoms. The lowest BCUT2D eigenvalue weighted by atomic mass is 9.83. The zero-order valence-corrected chi connectivity index (χ0v) is 17.7. The molecule has 0 saturated heterocycles. The third-order valence-corrected chi connectivity index (χ3v) is 5.23. The maximum atomic E-state index is 12.3. The number of carbonyl (C=O) groups excluding carboxylic acids is 2. The SMILES string of the molecule is CCCCCCCCC(C(=O)OC)C(CCCCCCCC)C(=O)OC. The summed E-state index contributed by atoms with van der Waals surface area (Å²) in [6, 6.07) is 0. The van der Waals surface area contributed by atoms with Gasteiger partial charge >= 0.3 is 11.9 Å². The van der Waals surface area contributed by atoms with E-state index in [1.807, 2.05) is 0 Å². The lowest BCUT2D eigenvalue weighted by Gasteiger charge is -2.23. The second-order valence-electron chi connectivity index (χ2n) is 7.37. The topological polar surface area (TPSA) is 52.6 Å². The Morgan fingerprint density at radius 3 is 1.19 bits per heavy atom. The fourth-order valence-electron chi connectivity index (χ4n) is 3.56. The van der Waals surface area contributed by atoms with Crippen LogP contribution in [-0.2, 0) is 19.1 Å². The lowest BCUT2D eigenvalue weighted by Crippen LogP contribution is -2.32. The summed E-state index contributed by atoms with van der Waals surface area (Å²) in [5.41, 5.74) is 0. The van der Waals surface area contributed by atoms with Gasteiger partial charge in [-0.2, -0.15) is 0 Å². The Labute approximate surface area is 161 Å². The highest BCUT2D eigenvalue weighted by Gasteiger charge is 2.34. The first-order valence-corrected chi connectivity index (χ1v) is 10.8. The number of hydrogen-bond acceptors (Lipinski definition) is 4. The highest BCUT2D eigenvalue weighted by Crippen LogP contribution is 2.27. The molecule has 0 aromatic heterocycles. The summed E-state index contributed by atoms with van der Waals surface area (Å²) in [5.74, 6) is -1.26. The van der Waals surface area contributed by atoms with Gasteiger partial charge in [-0.1, -0.05) is 90.9 Å². The summed E-state index contributed by atoms with van der Waals surface area (Å²) in [5, 5.41) is 0. The van der Waals surface area contributed by atoms with E-state index in [-0.39, 0.29) is 23.8 Å². The van der Waals surface area contributed by atoms with Gasteiger partial charge in [0, 0.05) is 0 Å². The Kier molecular flexibility index (Phi) is 16.7. The molecule has 0 aliphatic carbocycles. The smallest absolute Gasteiger partial charge is 0.309 e. The number of carbonyl (C=O) groups is 2. The van der Waals surface area contributed by atoms with Crippen molar-refractivity contribution >= 4 is 11.9 Å². The average Bonchev–Trinajstić information content (AvgIpc) is 2.66. The van der Waals surface area contributed by atoms with E-state index in [1.54, 1.807) is 0 Å². The van der Waals surface area contributed by atoms with E-state index < -0.39 is 0 Å². The van der Waals surface area contributed by atoms with Crippen molar-refractivity contribution in [2.45, 2.75) is 104 Å². The Bertz CT molecular complexity index is 320. The fourth-order valence-corrected chi connectivity index (χ4v) is 3.56. The summed E-state index contributed by atoms with van der Waals surface area (Å²) >= 11 is 0. The molecule has 26 heavy (non-hydrogen) atoms. The largest absolute Gasteiger partial charge is 0.469 e. The number of methoxy groups -OCH3 is 2. The summed E-state index contributed by atoms with van der Waals surface area (Å²) in [6.45, 7) is 4.41. The molecule has 2 unspecified atom stereocenters. The quantitative estimate of drug-likeness (QED) is 0.230. The van der Waals surface area contributed by atoms with Crippen LogP contribution in [0, 0.1) is 11.8 Å². The second-order valence-corrected chi connectivity index (χ2v) is 7.37. The second kappa shape index (κ2) is 17.4. The fraction of sp³-hybridized carbons (Fsp3) is 0.909. The number of esters is 2. The van der Waals surface area contributed by atoms with Gasteiger partial charge in [0.05, 0.1) is 26.1 Å². The van der Waals surface area contributed by atoms with Crippen LogP contribution in [0.3, 0.4) is 0 Å². The van der Waals surface area contributed by atoms with Gasteiger partial charge in [-0.3, -0.25) is 9.59 Å². The van der Waals surface area contributed by atoms with Crippen LogP contribution in [0.4, 0.5) is 0 Å². The van der Waals surface area contributed by atoms with E-state index in [4.69, 9.17) is 9.47 Å². The van der Waals surface area contributed by atoms with Crippen LogP contribution < -0.4 is 0 Å². The molecule has 154 valence electrons. The van der Waals surface area contributed by atoms with Gasteiger partial charge in [0.1, 0.15) is 0 Å². The van der Waals surface area contributed by atoms with Gasteiger partial charge in [-0.05, 0) is 12.8 Å². The van der Waals surface area contributed by atoms with Crippen LogP contribution in [0.2, 0.25) is 0 Å². The molecule has 0 aliphatic rings. The minimum atomic E-state index is -0.366. The first-order valence-electron chi connectivity index (χ1n) is 10.8. The van der Waals surface area contributed by atoms with Crippen molar-refractivity contribution < 1.29 is 19.1 Å². The molecule has 2 atom stereocenters. The standard InChI is InChI=1S/C22H42O4/c1-5-7-9-11-13-15-17-19(21(23)25-3)20(22(24)26-4)18-16-14-12-10-8-6-2/h19-20H,5-18H2,1-4H3. The number of ether oxygens (including phenoxy) is 2. The normalized spacial score (nSPS) is 13.2. The lowest BCUT2D eigenvalue weighted by molar-refractivity contribution is -0.158. The van der Waals surface area contributed by atoms with Gasteiger partial charge in [0.15, 0.2) is 0 Å². The van der Waals surface area contributed by atoms with Crippen LogP contribution in [-0.4, -0.2) is 26.2 Å². The highest BCUT2D eigenvalue weighted by molar-refractivity contribution is 5.81. The minimum Gasteiger partial charge on any atom is -0.469 e. The van der Waals surface area contributed by atoms with E-state index in [2.05, 4.69) is 13.8 Å².